The number of rotatable bonds is 4. The second kappa shape index (κ2) is 27.9. The Bertz CT molecular complexity index is 8830. The highest BCUT2D eigenvalue weighted by Crippen LogP contribution is 2.58. The maximum atomic E-state index is 4.90. The molecule has 8 heteroatoms. The van der Waals surface area contributed by atoms with E-state index in [2.05, 4.69) is 419 Å². The van der Waals surface area contributed by atoms with Crippen LogP contribution in [0.3, 0.4) is 0 Å². The number of hydrogen-bond donors (Lipinski definition) is 0. The average Bonchev–Trinajstić information content (AvgIpc) is 1.54. The van der Waals surface area contributed by atoms with Crippen molar-refractivity contribution in [3.05, 3.63) is 433 Å². The zero-order valence-electron chi connectivity index (χ0n) is 72.5. The average molecular weight is 1640 g/mol. The molecule has 608 valence electrons. The van der Waals surface area contributed by atoms with Crippen molar-refractivity contribution in [1.29, 1.82) is 0 Å². The summed E-state index contributed by atoms with van der Waals surface area (Å²) in [4.78, 5) is 19.3. The van der Waals surface area contributed by atoms with Gasteiger partial charge in [0.05, 0.1) is 77.6 Å². The van der Waals surface area contributed by atoms with Crippen LogP contribution in [-0.4, -0.2) is 38.2 Å². The molecule has 0 aliphatic heterocycles. The number of fused-ring (bicyclic) bond motifs is 33. The third-order valence-electron chi connectivity index (χ3n) is 28.8. The van der Waals surface area contributed by atoms with Crippen LogP contribution in [0.15, 0.2) is 389 Å². The molecule has 0 saturated carbocycles. The summed E-state index contributed by atoms with van der Waals surface area (Å²) in [6, 6.07) is 132. The van der Waals surface area contributed by atoms with E-state index >= 15 is 0 Å². The van der Waals surface area contributed by atoms with Gasteiger partial charge in [-0.05, 0) is 231 Å². The van der Waals surface area contributed by atoms with Gasteiger partial charge in [0.2, 0.25) is 0 Å². The summed E-state index contributed by atoms with van der Waals surface area (Å²) in [7, 11) is 0. The standard InChI is InChI=1S/C34H24N2.2C30H22N2.C26H20N2/c1-34(2)28-15-8-7-13-24(28)26-17-18-27-32-29(16-9-19-35-32)36(33(27)31(26)34)30-20-21-10-3-4-11-22(21)23-12-5-6-14-25(23)30;1-30(2)24-13-6-5-12-21(24)22-16-17-23-28-26(15-8-18-31-28)32(29(23)27(22)30)25-14-7-10-19-9-3-4-11-20(19)25;1-30(2)25-11-6-5-10-22(25)23-15-16-24-28-26(12-7-17-31-28)32(29(24)27(23)30)21-14-13-19-8-3-4-9-20(19)18-21;1-26(2)21-12-7-6-11-18(21)19-14-15-20-24-22(13-8-16-27-24)28(25(20)23(19)26)17-9-4-3-5-10-17/h3-20H,1-2H3;2*3-18H,1-2H3;3-16H,1-2H3. The number of para-hydroxylation sites is 1. The molecule has 8 aromatic heterocycles. The van der Waals surface area contributed by atoms with Crippen molar-refractivity contribution in [2.24, 2.45) is 0 Å². The first kappa shape index (κ1) is 74.9. The number of benzene rings is 16. The van der Waals surface area contributed by atoms with Crippen LogP contribution in [0.5, 0.6) is 0 Å². The topological polar surface area (TPSA) is 71.3 Å². The molecule has 0 fully saturated rings. The summed E-state index contributed by atoms with van der Waals surface area (Å²) in [5, 5.41) is 14.9. The quantitative estimate of drug-likeness (QED) is 0.165. The van der Waals surface area contributed by atoms with Gasteiger partial charge in [-0.15, -0.1) is 0 Å². The van der Waals surface area contributed by atoms with Gasteiger partial charge in [-0.3, -0.25) is 19.9 Å². The summed E-state index contributed by atoms with van der Waals surface area (Å²) in [6.07, 6.45) is 7.61. The Morgan fingerprint density at radius 2 is 0.516 bits per heavy atom. The molecule has 24 aromatic rings. The molecular formula is C120H88N8. The normalized spacial score (nSPS) is 14.2. The zero-order valence-corrected chi connectivity index (χ0v) is 72.5. The van der Waals surface area contributed by atoms with Gasteiger partial charge in [-0.2, -0.15) is 0 Å². The molecule has 28 rings (SSSR count). The van der Waals surface area contributed by atoms with E-state index in [-0.39, 0.29) is 21.7 Å². The molecule has 4 aliphatic rings. The lowest BCUT2D eigenvalue weighted by atomic mass is 9.81. The van der Waals surface area contributed by atoms with Gasteiger partial charge in [-0.1, -0.05) is 310 Å². The van der Waals surface area contributed by atoms with Crippen molar-refractivity contribution in [1.82, 2.24) is 38.2 Å². The van der Waals surface area contributed by atoms with Crippen LogP contribution in [-0.2, 0) is 21.7 Å². The Morgan fingerprint density at radius 3 is 0.961 bits per heavy atom. The molecular weight excluding hydrogens is 1550 g/mol. The molecule has 0 radical (unpaired) electrons. The van der Waals surface area contributed by atoms with E-state index in [0.717, 1.165) is 44.1 Å². The number of nitrogens with zero attached hydrogens (tertiary/aromatic N) is 8. The van der Waals surface area contributed by atoms with Crippen molar-refractivity contribution in [2.45, 2.75) is 77.0 Å². The number of aromatic nitrogens is 8. The predicted molar refractivity (Wildman–Crippen MR) is 535 cm³/mol. The van der Waals surface area contributed by atoms with E-state index in [1.165, 1.54) is 198 Å². The number of hydrogen-bond acceptors (Lipinski definition) is 4. The SMILES string of the molecule is CC1(C)c2ccccc2-c2ccc3c4ncccc4n(-c4cc5ccccc5c5ccccc45)c3c21.CC1(C)c2ccccc2-c2ccc3c4ncccc4n(-c4ccc5ccccc5c4)c3c21.CC1(C)c2ccccc2-c2ccc3c4ncccc4n(-c4cccc5ccccc45)c3c21.CC1(C)c2ccccc2-c2ccc3c4ncccc4n(-c4ccccc4)c3c21. The van der Waals surface area contributed by atoms with Gasteiger partial charge >= 0.3 is 0 Å². The molecule has 16 aromatic carbocycles. The van der Waals surface area contributed by atoms with Gasteiger partial charge in [0.1, 0.15) is 0 Å². The highest BCUT2D eigenvalue weighted by molar-refractivity contribution is 6.19. The van der Waals surface area contributed by atoms with E-state index < -0.39 is 0 Å². The van der Waals surface area contributed by atoms with E-state index in [1.54, 1.807) is 0 Å². The van der Waals surface area contributed by atoms with Crippen molar-refractivity contribution in [3.63, 3.8) is 0 Å². The molecule has 0 bridgehead atoms. The second-order valence-corrected chi connectivity index (χ2v) is 37.1. The predicted octanol–water partition coefficient (Wildman–Crippen LogP) is 30.6. The molecule has 0 unspecified atom stereocenters. The van der Waals surface area contributed by atoms with Crippen LogP contribution < -0.4 is 0 Å². The lowest BCUT2D eigenvalue weighted by Gasteiger charge is -2.24. The first-order valence-corrected chi connectivity index (χ1v) is 44.7. The van der Waals surface area contributed by atoms with Crippen molar-refractivity contribution in [3.8, 4) is 67.3 Å². The Kier molecular flexibility index (Phi) is 16.4. The molecule has 8 nitrogen and oxygen atoms in total. The fourth-order valence-corrected chi connectivity index (χ4v) is 23.3. The first-order valence-electron chi connectivity index (χ1n) is 44.7. The minimum atomic E-state index is -0.121. The Balaban J connectivity index is 0.0000000929. The van der Waals surface area contributed by atoms with Gasteiger partial charge in [0, 0.05) is 90.1 Å². The molecule has 128 heavy (non-hydrogen) atoms. The van der Waals surface area contributed by atoms with Gasteiger partial charge in [-0.25, -0.2) is 0 Å². The second-order valence-electron chi connectivity index (χ2n) is 37.1. The summed E-state index contributed by atoms with van der Waals surface area (Å²) in [5.74, 6) is 0. The molecule has 0 spiro atoms. The minimum absolute atomic E-state index is 0.0632. The van der Waals surface area contributed by atoms with E-state index in [0.29, 0.717) is 0 Å². The highest BCUT2D eigenvalue weighted by atomic mass is 15.0. The lowest BCUT2D eigenvalue weighted by molar-refractivity contribution is 0.663. The van der Waals surface area contributed by atoms with Crippen LogP contribution in [0.2, 0.25) is 0 Å². The van der Waals surface area contributed by atoms with Crippen LogP contribution in [0.25, 0.3) is 198 Å². The Labute approximate surface area is 741 Å². The zero-order chi connectivity index (χ0) is 85.8. The molecule has 0 atom stereocenters. The molecule has 0 saturated heterocycles. The van der Waals surface area contributed by atoms with Crippen LogP contribution in [0, 0.1) is 0 Å². The van der Waals surface area contributed by atoms with E-state index in [4.69, 9.17) is 19.9 Å². The van der Waals surface area contributed by atoms with E-state index in [9.17, 15) is 0 Å². The van der Waals surface area contributed by atoms with E-state index in [1.807, 2.05) is 43.0 Å². The Hall–Kier alpha value is -15.6. The lowest BCUT2D eigenvalue weighted by Crippen LogP contribution is -2.16. The summed E-state index contributed by atoms with van der Waals surface area (Å²) in [5.41, 5.74) is 40.2. The van der Waals surface area contributed by atoms with Crippen molar-refractivity contribution in [2.75, 3.05) is 0 Å². The van der Waals surface area contributed by atoms with Crippen molar-refractivity contribution >= 4 is 131 Å². The van der Waals surface area contributed by atoms with Crippen molar-refractivity contribution < 1.29 is 0 Å². The fourth-order valence-electron chi connectivity index (χ4n) is 23.3. The molecule has 8 heterocycles. The summed E-state index contributed by atoms with van der Waals surface area (Å²) < 4.78 is 9.76. The fraction of sp³-hybridized carbons (Fsp3) is 0.100. The smallest absolute Gasteiger partial charge is 0.0963 e. The maximum absolute atomic E-state index is 4.90. The largest absolute Gasteiger partial charge is 0.307 e. The highest BCUT2D eigenvalue weighted by Gasteiger charge is 2.44. The third-order valence-corrected chi connectivity index (χ3v) is 28.8. The van der Waals surface area contributed by atoms with Gasteiger partial charge in [0.15, 0.2) is 0 Å². The molecule has 4 aliphatic carbocycles. The van der Waals surface area contributed by atoms with Crippen LogP contribution in [0.1, 0.15) is 99.9 Å². The number of pyridine rings is 4. The Morgan fingerprint density at radius 1 is 0.188 bits per heavy atom. The van der Waals surface area contributed by atoms with Gasteiger partial charge in [0.25, 0.3) is 0 Å². The van der Waals surface area contributed by atoms with Crippen LogP contribution in [0.4, 0.5) is 0 Å². The third kappa shape index (κ3) is 10.7. The molecule has 0 amide bonds. The monoisotopic (exact) mass is 1640 g/mol. The summed E-state index contributed by atoms with van der Waals surface area (Å²) >= 11 is 0. The van der Waals surface area contributed by atoms with Crippen LogP contribution >= 0.6 is 0 Å². The minimum Gasteiger partial charge on any atom is -0.307 e. The first-order chi connectivity index (χ1) is 62.6. The summed E-state index contributed by atoms with van der Waals surface area (Å²) in [6.45, 7) is 18.8. The molecule has 0 N–H and O–H groups in total. The maximum Gasteiger partial charge on any atom is 0.0963 e. The van der Waals surface area contributed by atoms with Gasteiger partial charge < -0.3 is 18.3 Å².